The Kier molecular flexibility index (Phi) is 7.96. The van der Waals surface area contributed by atoms with Gasteiger partial charge in [0.15, 0.2) is 0 Å². The molecule has 3 aromatic rings. The number of benzene rings is 2. The molecule has 0 aliphatic rings. The Morgan fingerprint density at radius 2 is 1.94 bits per heavy atom. The summed E-state index contributed by atoms with van der Waals surface area (Å²) >= 11 is 1.60. The highest BCUT2D eigenvalue weighted by molar-refractivity contribution is 7.32. The van der Waals surface area contributed by atoms with Crippen LogP contribution in [0.15, 0.2) is 60.0 Å². The van der Waals surface area contributed by atoms with E-state index in [9.17, 15) is 19.5 Å². The van der Waals surface area contributed by atoms with Gasteiger partial charge in [0.05, 0.1) is 11.4 Å². The van der Waals surface area contributed by atoms with Crippen molar-refractivity contribution in [3.63, 3.8) is 0 Å². The normalized spacial score (nSPS) is 12.6. The number of thiophene rings is 1. The van der Waals surface area contributed by atoms with Gasteiger partial charge in [0.1, 0.15) is 6.07 Å². The fraction of sp³-hybridized carbons (Fsp3) is 0.250. The zero-order chi connectivity index (χ0) is 24.0. The Balaban J connectivity index is 1.85. The summed E-state index contributed by atoms with van der Waals surface area (Å²) in [5.74, 6) is -0.318. The minimum Gasteiger partial charge on any atom is -0.397 e. The van der Waals surface area contributed by atoms with Gasteiger partial charge in [-0.25, -0.2) is 0 Å². The average Bonchev–Trinajstić information content (AvgIpc) is 3.36. The van der Waals surface area contributed by atoms with Gasteiger partial charge in [0.25, 0.3) is 5.91 Å². The van der Waals surface area contributed by atoms with Gasteiger partial charge in [-0.2, -0.15) is 5.26 Å². The first kappa shape index (κ1) is 24.6. The molecule has 170 valence electrons. The van der Waals surface area contributed by atoms with Gasteiger partial charge >= 0.3 is 8.25 Å². The van der Waals surface area contributed by atoms with Gasteiger partial charge in [-0.15, -0.1) is 16.2 Å². The molecule has 0 spiro atoms. The van der Waals surface area contributed by atoms with Crippen LogP contribution in [0.4, 0.5) is 11.4 Å². The minimum atomic E-state index is -2.92. The standard InChI is InChI=1S/C24H24N3O4PS/c1-3-24(4-2,22(15-25)31-32(29)30)18-10-7-16(8-11-18)23(28)27-20-14-17(9-12-19(20)26)21-6-5-13-33-21/h5-14,22H,3-4,26H2,1-2H3,(H-,27,28,29,30)/p+1. The monoisotopic (exact) mass is 482 g/mol. The van der Waals surface area contributed by atoms with Crippen LogP contribution < -0.4 is 11.1 Å². The molecule has 0 radical (unpaired) electrons. The third kappa shape index (κ3) is 5.29. The SMILES string of the molecule is CCC(CC)(c1ccc(C(=O)Nc2cc(-c3cccs3)ccc2N)cc1)C(C#N)O[P+](=O)O. The molecule has 2 unspecified atom stereocenters. The molecule has 9 heteroatoms. The summed E-state index contributed by atoms with van der Waals surface area (Å²) in [7, 11) is -2.92. The van der Waals surface area contributed by atoms with Gasteiger partial charge in [-0.05, 0) is 59.7 Å². The number of hydrogen-bond acceptors (Lipinski definition) is 6. The first-order valence-corrected chi connectivity index (χ1v) is 12.4. The predicted molar refractivity (Wildman–Crippen MR) is 131 cm³/mol. The molecule has 1 amide bonds. The van der Waals surface area contributed by atoms with Crippen LogP contribution in [0, 0.1) is 11.3 Å². The van der Waals surface area contributed by atoms with Crippen molar-refractivity contribution in [2.75, 3.05) is 11.1 Å². The zero-order valence-electron chi connectivity index (χ0n) is 18.3. The molecule has 0 saturated heterocycles. The molecule has 0 saturated carbocycles. The molecule has 0 aliphatic heterocycles. The highest BCUT2D eigenvalue weighted by atomic mass is 32.1. The van der Waals surface area contributed by atoms with Crippen LogP contribution in [0.25, 0.3) is 10.4 Å². The van der Waals surface area contributed by atoms with Crippen LogP contribution in [0.1, 0.15) is 42.6 Å². The molecule has 0 bridgehead atoms. The van der Waals surface area contributed by atoms with E-state index in [0.29, 0.717) is 29.8 Å². The van der Waals surface area contributed by atoms with E-state index in [2.05, 4.69) is 5.32 Å². The lowest BCUT2D eigenvalue weighted by Crippen LogP contribution is -2.38. The number of nitrogens with zero attached hydrogens (tertiary/aromatic N) is 1. The van der Waals surface area contributed by atoms with Crippen molar-refractivity contribution in [1.29, 1.82) is 5.26 Å². The molecule has 7 nitrogen and oxygen atoms in total. The van der Waals surface area contributed by atoms with Gasteiger partial charge < -0.3 is 11.1 Å². The van der Waals surface area contributed by atoms with E-state index in [-0.39, 0.29) is 5.91 Å². The van der Waals surface area contributed by atoms with Crippen molar-refractivity contribution in [1.82, 2.24) is 0 Å². The van der Waals surface area contributed by atoms with Gasteiger partial charge in [-0.3, -0.25) is 4.79 Å². The Bertz CT molecular complexity index is 1170. The lowest BCUT2D eigenvalue weighted by molar-refractivity contribution is 0.102. The maximum absolute atomic E-state index is 12.9. The molecular formula is C24H25N3O4PS+. The number of nitrogens with two attached hydrogens (primary N) is 1. The molecule has 0 fully saturated rings. The summed E-state index contributed by atoms with van der Waals surface area (Å²) in [5, 5.41) is 14.4. The summed E-state index contributed by atoms with van der Waals surface area (Å²) in [4.78, 5) is 23.1. The fourth-order valence-corrected chi connectivity index (χ4v) is 5.08. The third-order valence-electron chi connectivity index (χ3n) is 5.91. The van der Waals surface area contributed by atoms with Gasteiger partial charge in [0.2, 0.25) is 6.10 Å². The van der Waals surface area contributed by atoms with Crippen LogP contribution in [0.3, 0.4) is 0 Å². The summed E-state index contributed by atoms with van der Waals surface area (Å²) in [6.07, 6.45) is -0.0640. The Hall–Kier alpha value is -3.08. The zero-order valence-corrected chi connectivity index (χ0v) is 20.0. The van der Waals surface area contributed by atoms with Crippen molar-refractivity contribution in [2.45, 2.75) is 38.2 Å². The lowest BCUT2D eigenvalue weighted by Gasteiger charge is -2.33. The van der Waals surface area contributed by atoms with Crippen molar-refractivity contribution in [2.24, 2.45) is 0 Å². The first-order valence-electron chi connectivity index (χ1n) is 10.4. The molecule has 1 heterocycles. The lowest BCUT2D eigenvalue weighted by atomic mass is 9.71. The Morgan fingerprint density at radius 1 is 1.24 bits per heavy atom. The number of anilines is 2. The molecule has 4 N–H and O–H groups in total. The van der Waals surface area contributed by atoms with Gasteiger partial charge in [-0.1, -0.05) is 42.6 Å². The van der Waals surface area contributed by atoms with E-state index in [1.165, 1.54) is 0 Å². The number of carbonyl (C=O) groups is 1. The number of hydrogen-bond donors (Lipinski definition) is 3. The van der Waals surface area contributed by atoms with Crippen LogP contribution in [0.2, 0.25) is 0 Å². The van der Waals surface area contributed by atoms with Crippen molar-refractivity contribution < 1.29 is 18.8 Å². The van der Waals surface area contributed by atoms with Crippen molar-refractivity contribution in [3.8, 4) is 16.5 Å². The largest absolute Gasteiger partial charge is 0.696 e. The minimum absolute atomic E-state index is 0.318. The van der Waals surface area contributed by atoms with E-state index >= 15 is 0 Å². The predicted octanol–water partition coefficient (Wildman–Crippen LogP) is 5.87. The van der Waals surface area contributed by atoms with E-state index in [4.69, 9.17) is 10.3 Å². The second kappa shape index (κ2) is 10.7. The average molecular weight is 483 g/mol. The molecule has 1 aromatic heterocycles. The summed E-state index contributed by atoms with van der Waals surface area (Å²) in [6.45, 7) is 3.79. The number of rotatable bonds is 9. The maximum Gasteiger partial charge on any atom is 0.696 e. The number of nitriles is 1. The Morgan fingerprint density at radius 3 is 2.48 bits per heavy atom. The molecular weight excluding hydrogens is 457 g/mol. The maximum atomic E-state index is 12.9. The van der Waals surface area contributed by atoms with Crippen LogP contribution in [-0.2, 0) is 14.5 Å². The van der Waals surface area contributed by atoms with Crippen LogP contribution >= 0.6 is 19.6 Å². The molecule has 0 aliphatic carbocycles. The summed E-state index contributed by atoms with van der Waals surface area (Å²) in [5.41, 5.74) is 8.42. The number of nitrogen functional groups attached to an aromatic ring is 1. The summed E-state index contributed by atoms with van der Waals surface area (Å²) in [6, 6.07) is 18.3. The number of nitrogens with one attached hydrogen (secondary N) is 1. The second-order valence-electron chi connectivity index (χ2n) is 7.53. The fourth-order valence-electron chi connectivity index (χ4n) is 3.93. The number of amides is 1. The van der Waals surface area contributed by atoms with E-state index in [1.54, 1.807) is 41.7 Å². The quantitative estimate of drug-likeness (QED) is 0.259. The molecule has 33 heavy (non-hydrogen) atoms. The van der Waals surface area contributed by atoms with Crippen molar-refractivity contribution in [3.05, 3.63) is 71.1 Å². The van der Waals surface area contributed by atoms with Gasteiger partial charge in [0, 0.05) is 20.4 Å². The second-order valence-corrected chi connectivity index (χ2v) is 9.16. The van der Waals surface area contributed by atoms with Crippen molar-refractivity contribution >= 4 is 36.9 Å². The Labute approximate surface area is 197 Å². The highest BCUT2D eigenvalue weighted by Crippen LogP contribution is 2.40. The molecule has 3 rings (SSSR count). The number of carbonyl (C=O) groups excluding carboxylic acids is 1. The first-order chi connectivity index (χ1) is 15.8. The van der Waals surface area contributed by atoms with E-state index in [0.717, 1.165) is 16.0 Å². The molecule has 2 atom stereocenters. The topological polar surface area (TPSA) is 125 Å². The van der Waals surface area contributed by atoms with Crippen LogP contribution in [0.5, 0.6) is 0 Å². The highest BCUT2D eigenvalue weighted by Gasteiger charge is 2.43. The summed E-state index contributed by atoms with van der Waals surface area (Å²) < 4.78 is 16.3. The van der Waals surface area contributed by atoms with E-state index in [1.807, 2.05) is 49.6 Å². The van der Waals surface area contributed by atoms with Crippen LogP contribution in [-0.4, -0.2) is 16.9 Å². The van der Waals surface area contributed by atoms with E-state index < -0.39 is 19.8 Å². The third-order valence-corrected chi connectivity index (χ3v) is 7.22. The smallest absolute Gasteiger partial charge is 0.397 e. The molecule has 2 aromatic carbocycles.